The molecule has 148 valence electrons. The van der Waals surface area contributed by atoms with Gasteiger partial charge in [-0.05, 0) is 74.8 Å². The highest BCUT2D eigenvalue weighted by Crippen LogP contribution is 2.31. The number of thiazole rings is 1. The fourth-order valence-electron chi connectivity index (χ4n) is 3.45. The maximum absolute atomic E-state index is 12.8. The predicted molar refractivity (Wildman–Crippen MR) is 118 cm³/mol. The van der Waals surface area contributed by atoms with Crippen LogP contribution in [0.15, 0.2) is 42.5 Å². The van der Waals surface area contributed by atoms with Crippen molar-refractivity contribution in [3.63, 3.8) is 0 Å². The van der Waals surface area contributed by atoms with E-state index in [0.29, 0.717) is 12.8 Å². The van der Waals surface area contributed by atoms with Crippen LogP contribution in [0.4, 0.5) is 5.69 Å². The van der Waals surface area contributed by atoms with E-state index < -0.39 is 5.60 Å². The Kier molecular flexibility index (Phi) is 6.35. The number of aromatic nitrogens is 1. The summed E-state index contributed by atoms with van der Waals surface area (Å²) in [5, 5.41) is 7.26. The van der Waals surface area contributed by atoms with E-state index in [4.69, 9.17) is 9.72 Å². The summed E-state index contributed by atoms with van der Waals surface area (Å²) < 4.78 is 6.78. The minimum Gasteiger partial charge on any atom is -0.368 e. The van der Waals surface area contributed by atoms with Gasteiger partial charge in [-0.2, -0.15) is 0 Å². The topological polar surface area (TPSA) is 63.2 Å². The second kappa shape index (κ2) is 8.57. The Bertz CT molecular complexity index is 965. The zero-order chi connectivity index (χ0) is 18.9. The van der Waals surface area contributed by atoms with Crippen molar-refractivity contribution in [3.8, 4) is 10.6 Å². The van der Waals surface area contributed by atoms with Gasteiger partial charge in [0, 0.05) is 18.4 Å². The zero-order valence-electron chi connectivity index (χ0n) is 16.0. The number of carbonyl (C=O) groups is 1. The van der Waals surface area contributed by atoms with E-state index in [-0.39, 0.29) is 18.3 Å². The number of hydrogen-bond acceptors (Lipinski definition) is 5. The second-order valence-electron chi connectivity index (χ2n) is 6.97. The van der Waals surface area contributed by atoms with Crippen LogP contribution in [0.2, 0.25) is 0 Å². The van der Waals surface area contributed by atoms with E-state index in [1.807, 2.05) is 24.3 Å². The van der Waals surface area contributed by atoms with E-state index in [2.05, 4.69) is 35.8 Å². The van der Waals surface area contributed by atoms with Crippen molar-refractivity contribution in [2.75, 3.05) is 25.5 Å². The molecule has 4 rings (SSSR count). The molecular weight excluding hydrogens is 394 g/mol. The molecule has 0 bridgehead atoms. The Labute approximate surface area is 174 Å². The van der Waals surface area contributed by atoms with Crippen molar-refractivity contribution in [1.29, 1.82) is 0 Å². The molecule has 0 unspecified atom stereocenters. The van der Waals surface area contributed by atoms with Crippen LogP contribution >= 0.6 is 23.7 Å². The Balaban J connectivity index is 0.00000225. The molecule has 2 aromatic carbocycles. The number of fused-ring (bicyclic) bond motifs is 1. The Morgan fingerprint density at radius 2 is 1.89 bits per heavy atom. The number of hydrogen-bond donors (Lipinski definition) is 2. The number of rotatable bonds is 4. The average molecular weight is 418 g/mol. The monoisotopic (exact) mass is 417 g/mol. The molecule has 28 heavy (non-hydrogen) atoms. The van der Waals surface area contributed by atoms with Gasteiger partial charge in [-0.3, -0.25) is 4.79 Å². The Morgan fingerprint density at radius 3 is 2.57 bits per heavy atom. The molecule has 1 amide bonds. The molecule has 2 heterocycles. The van der Waals surface area contributed by atoms with E-state index >= 15 is 0 Å². The first-order valence-electron chi connectivity index (χ1n) is 9.15. The third-order valence-electron chi connectivity index (χ3n) is 5.15. The highest BCUT2D eigenvalue weighted by Gasteiger charge is 2.39. The van der Waals surface area contributed by atoms with Gasteiger partial charge in [0.2, 0.25) is 0 Å². The summed E-state index contributed by atoms with van der Waals surface area (Å²) >= 11 is 1.68. The minimum absolute atomic E-state index is 0. The summed E-state index contributed by atoms with van der Waals surface area (Å²) in [7, 11) is 1.61. The zero-order valence-corrected chi connectivity index (χ0v) is 17.6. The first kappa shape index (κ1) is 20.7. The lowest BCUT2D eigenvalue weighted by Crippen LogP contribution is -2.51. The number of anilines is 1. The number of carbonyl (C=O) groups excluding carboxylic acids is 1. The van der Waals surface area contributed by atoms with E-state index in [0.717, 1.165) is 34.9 Å². The van der Waals surface area contributed by atoms with Crippen molar-refractivity contribution in [2.45, 2.75) is 25.4 Å². The van der Waals surface area contributed by atoms with E-state index in [9.17, 15) is 4.79 Å². The van der Waals surface area contributed by atoms with Crippen LogP contribution in [-0.2, 0) is 9.53 Å². The van der Waals surface area contributed by atoms with Crippen molar-refractivity contribution < 1.29 is 9.53 Å². The lowest BCUT2D eigenvalue weighted by atomic mass is 9.91. The number of aryl methyl sites for hydroxylation is 1. The number of benzene rings is 2. The first-order valence-corrected chi connectivity index (χ1v) is 9.96. The lowest BCUT2D eigenvalue weighted by Gasteiger charge is -2.34. The van der Waals surface area contributed by atoms with Gasteiger partial charge in [-0.1, -0.05) is 6.07 Å². The van der Waals surface area contributed by atoms with Crippen molar-refractivity contribution >= 4 is 45.6 Å². The molecule has 1 aliphatic heterocycles. The molecular formula is C21H24ClN3O2S. The van der Waals surface area contributed by atoms with E-state index in [1.165, 1.54) is 10.3 Å². The van der Waals surface area contributed by atoms with Crippen molar-refractivity contribution in [1.82, 2.24) is 10.3 Å². The van der Waals surface area contributed by atoms with Crippen molar-refractivity contribution in [2.24, 2.45) is 0 Å². The number of methoxy groups -OCH3 is 1. The average Bonchev–Trinajstić information content (AvgIpc) is 3.12. The van der Waals surface area contributed by atoms with Crippen LogP contribution in [-0.4, -0.2) is 36.7 Å². The van der Waals surface area contributed by atoms with Gasteiger partial charge in [0.05, 0.1) is 10.2 Å². The standard InChI is InChI=1S/C21H23N3O2S.ClH/c1-14-3-8-17-18(13-14)27-19(24-17)15-4-6-16(7-5-15)23-20(25)21(26-2)9-11-22-12-10-21;/h3-8,13,22H,9-12H2,1-2H3,(H,23,25);1H. The van der Waals surface area contributed by atoms with Crippen LogP contribution in [0.1, 0.15) is 18.4 Å². The molecule has 2 N–H and O–H groups in total. The Morgan fingerprint density at radius 1 is 1.18 bits per heavy atom. The fourth-order valence-corrected chi connectivity index (χ4v) is 4.52. The molecule has 0 saturated carbocycles. The summed E-state index contributed by atoms with van der Waals surface area (Å²) in [6, 6.07) is 14.2. The molecule has 0 atom stereocenters. The maximum Gasteiger partial charge on any atom is 0.256 e. The van der Waals surface area contributed by atoms with Crippen molar-refractivity contribution in [3.05, 3.63) is 48.0 Å². The first-order chi connectivity index (χ1) is 13.1. The third kappa shape index (κ3) is 4.05. The van der Waals surface area contributed by atoms with Gasteiger partial charge in [0.25, 0.3) is 5.91 Å². The maximum atomic E-state index is 12.8. The van der Waals surface area contributed by atoms with Gasteiger partial charge in [0.15, 0.2) is 0 Å². The van der Waals surface area contributed by atoms with Gasteiger partial charge < -0.3 is 15.4 Å². The largest absolute Gasteiger partial charge is 0.368 e. The third-order valence-corrected chi connectivity index (χ3v) is 6.22. The summed E-state index contributed by atoms with van der Waals surface area (Å²) in [6.45, 7) is 3.67. The van der Waals surface area contributed by atoms with Gasteiger partial charge in [0.1, 0.15) is 10.6 Å². The molecule has 3 aromatic rings. The molecule has 0 spiro atoms. The predicted octanol–water partition coefficient (Wildman–Crippen LogP) is 4.40. The summed E-state index contributed by atoms with van der Waals surface area (Å²) in [4.78, 5) is 17.5. The van der Waals surface area contributed by atoms with Gasteiger partial charge in [-0.15, -0.1) is 23.7 Å². The SMILES string of the molecule is COC1(C(=O)Nc2ccc(-c3nc4ccc(C)cc4s3)cc2)CCNCC1.Cl. The minimum atomic E-state index is -0.741. The summed E-state index contributed by atoms with van der Waals surface area (Å²) in [5.74, 6) is -0.0743. The second-order valence-corrected chi connectivity index (χ2v) is 8.00. The molecule has 1 aliphatic rings. The number of halogens is 1. The van der Waals surface area contributed by atoms with Crippen LogP contribution in [0, 0.1) is 6.92 Å². The normalized spacial score (nSPS) is 15.8. The molecule has 1 saturated heterocycles. The lowest BCUT2D eigenvalue weighted by molar-refractivity contribution is -0.140. The van der Waals surface area contributed by atoms with Gasteiger partial charge >= 0.3 is 0 Å². The van der Waals surface area contributed by atoms with Crippen LogP contribution in [0.3, 0.4) is 0 Å². The fraction of sp³-hybridized carbons (Fsp3) is 0.333. The number of nitrogens with one attached hydrogen (secondary N) is 2. The highest BCUT2D eigenvalue weighted by molar-refractivity contribution is 7.21. The smallest absolute Gasteiger partial charge is 0.256 e. The quantitative estimate of drug-likeness (QED) is 0.660. The number of piperidine rings is 1. The number of amides is 1. The summed E-state index contributed by atoms with van der Waals surface area (Å²) in [5.41, 5.74) is 3.34. The molecule has 5 nitrogen and oxygen atoms in total. The van der Waals surface area contributed by atoms with Crippen LogP contribution < -0.4 is 10.6 Å². The van der Waals surface area contributed by atoms with Crippen LogP contribution in [0.5, 0.6) is 0 Å². The van der Waals surface area contributed by atoms with E-state index in [1.54, 1.807) is 18.4 Å². The van der Waals surface area contributed by atoms with Crippen LogP contribution in [0.25, 0.3) is 20.8 Å². The molecule has 7 heteroatoms. The number of ether oxygens (including phenoxy) is 1. The molecule has 1 aromatic heterocycles. The molecule has 1 fully saturated rings. The molecule has 0 aliphatic carbocycles. The number of nitrogens with zero attached hydrogens (tertiary/aromatic N) is 1. The van der Waals surface area contributed by atoms with Gasteiger partial charge in [-0.25, -0.2) is 4.98 Å². The molecule has 0 radical (unpaired) electrons. The summed E-state index contributed by atoms with van der Waals surface area (Å²) in [6.07, 6.45) is 1.36. The Hall–Kier alpha value is -1.99. The highest BCUT2D eigenvalue weighted by atomic mass is 35.5.